The number of rotatable bonds is 7. The van der Waals surface area contributed by atoms with Gasteiger partial charge in [0.1, 0.15) is 12.4 Å². The van der Waals surface area contributed by atoms with Crippen molar-refractivity contribution in [2.75, 3.05) is 33.9 Å². The van der Waals surface area contributed by atoms with Gasteiger partial charge in [0.05, 0.1) is 6.10 Å². The van der Waals surface area contributed by atoms with Crippen molar-refractivity contribution < 1.29 is 14.3 Å². The number of likely N-dealkylation sites (N-methyl/N-ethyl adjacent to an activating group) is 1. The van der Waals surface area contributed by atoms with E-state index in [1.165, 1.54) is 18.4 Å². The number of carbonyl (C=O) groups is 1. The van der Waals surface area contributed by atoms with Gasteiger partial charge in [-0.3, -0.25) is 4.79 Å². The Morgan fingerprint density at radius 2 is 1.97 bits per heavy atom. The van der Waals surface area contributed by atoms with Gasteiger partial charge < -0.3 is 19.7 Å². The maximum atomic E-state index is 12.7. The second-order valence-electron chi connectivity index (χ2n) is 11.2. The van der Waals surface area contributed by atoms with Crippen LogP contribution in [0, 0.1) is 28.6 Å². The number of nitrogens with one attached hydrogen (secondary N) is 1. The first-order valence-electron chi connectivity index (χ1n) is 11.9. The summed E-state index contributed by atoms with van der Waals surface area (Å²) in [6, 6.07) is 8.72. The standard InChI is InChI=1S/C26H40N2O3/c1-17(2)23(29)27-24-25(3,4)19-15-21-22(31-13-11-26(21,24)16-19)18-7-9-20(10-8-18)30-14-12-28(5)6/h7-10,17,19,21-22,24H,11-16H2,1-6H3,(H,27,29)/t19-,21-,22-,24+,26-/m1/s1. The van der Waals surface area contributed by atoms with Crippen LogP contribution in [0.4, 0.5) is 0 Å². The first-order chi connectivity index (χ1) is 14.6. The third-order valence-corrected chi connectivity index (χ3v) is 8.33. The second kappa shape index (κ2) is 8.40. The summed E-state index contributed by atoms with van der Waals surface area (Å²) in [5.74, 6) is 2.19. The van der Waals surface area contributed by atoms with Crippen molar-refractivity contribution in [3.05, 3.63) is 29.8 Å². The monoisotopic (exact) mass is 428 g/mol. The minimum absolute atomic E-state index is 0.0143. The molecule has 1 amide bonds. The summed E-state index contributed by atoms with van der Waals surface area (Å²) in [5, 5.41) is 3.48. The van der Waals surface area contributed by atoms with Crippen LogP contribution in [0.1, 0.15) is 58.6 Å². The fourth-order valence-corrected chi connectivity index (χ4v) is 6.53. The minimum atomic E-state index is 0.0143. The van der Waals surface area contributed by atoms with E-state index in [-0.39, 0.29) is 34.8 Å². The smallest absolute Gasteiger partial charge is 0.222 e. The van der Waals surface area contributed by atoms with E-state index in [2.05, 4.69) is 62.4 Å². The molecule has 1 heterocycles. The molecule has 0 radical (unpaired) electrons. The molecule has 1 aliphatic heterocycles. The highest BCUT2D eigenvalue weighted by atomic mass is 16.5. The predicted octanol–water partition coefficient (Wildman–Crippen LogP) is 4.28. The molecule has 0 unspecified atom stereocenters. The van der Waals surface area contributed by atoms with Crippen LogP contribution in [0.2, 0.25) is 0 Å². The van der Waals surface area contributed by atoms with Crippen molar-refractivity contribution >= 4 is 5.91 Å². The van der Waals surface area contributed by atoms with E-state index in [9.17, 15) is 4.79 Å². The van der Waals surface area contributed by atoms with Crippen LogP contribution in [0.25, 0.3) is 0 Å². The van der Waals surface area contributed by atoms with Gasteiger partial charge in [0, 0.05) is 25.1 Å². The molecule has 2 aliphatic carbocycles. The Balaban J connectivity index is 1.53. The molecule has 5 atom stereocenters. The Bertz CT molecular complexity index is 788. The fraction of sp³-hybridized carbons (Fsp3) is 0.731. The topological polar surface area (TPSA) is 50.8 Å². The molecule has 1 spiro atoms. The second-order valence-corrected chi connectivity index (χ2v) is 11.2. The molecule has 4 rings (SSSR count). The molecule has 172 valence electrons. The number of nitrogens with zero attached hydrogens (tertiary/aromatic N) is 1. The van der Waals surface area contributed by atoms with Crippen LogP contribution in [-0.4, -0.2) is 50.7 Å². The summed E-state index contributed by atoms with van der Waals surface area (Å²) in [4.78, 5) is 14.8. The average molecular weight is 429 g/mol. The molecule has 3 aliphatic rings. The Morgan fingerprint density at radius 1 is 1.26 bits per heavy atom. The highest BCUT2D eigenvalue weighted by Crippen LogP contribution is 2.70. The van der Waals surface area contributed by atoms with Crippen LogP contribution >= 0.6 is 0 Å². The number of hydrogen-bond acceptors (Lipinski definition) is 4. The highest BCUT2D eigenvalue weighted by molar-refractivity contribution is 5.78. The first-order valence-corrected chi connectivity index (χ1v) is 11.9. The molecule has 5 nitrogen and oxygen atoms in total. The lowest BCUT2D eigenvalue weighted by Crippen LogP contribution is -2.59. The molecule has 2 bridgehead atoms. The average Bonchev–Trinajstić information content (AvgIpc) is 3.20. The van der Waals surface area contributed by atoms with Crippen molar-refractivity contribution in [1.82, 2.24) is 10.2 Å². The molecule has 1 aromatic carbocycles. The molecule has 31 heavy (non-hydrogen) atoms. The number of amides is 1. The largest absolute Gasteiger partial charge is 0.492 e. The molecule has 2 saturated carbocycles. The zero-order valence-electron chi connectivity index (χ0n) is 20.1. The molecule has 0 aromatic heterocycles. The Labute approximate surface area is 187 Å². The summed E-state index contributed by atoms with van der Waals surface area (Å²) in [5.41, 5.74) is 1.51. The van der Waals surface area contributed by atoms with Crippen LogP contribution in [0.3, 0.4) is 0 Å². The number of fused-ring (bicyclic) bond motifs is 1. The Kier molecular flexibility index (Phi) is 6.12. The van der Waals surface area contributed by atoms with Crippen molar-refractivity contribution in [3.63, 3.8) is 0 Å². The van der Waals surface area contributed by atoms with Crippen LogP contribution < -0.4 is 10.1 Å². The predicted molar refractivity (Wildman–Crippen MR) is 123 cm³/mol. The van der Waals surface area contributed by atoms with E-state index in [1.54, 1.807) is 0 Å². The van der Waals surface area contributed by atoms with Gasteiger partial charge in [-0.2, -0.15) is 0 Å². The SMILES string of the molecule is CC(C)C(=O)N[C@H]1C(C)(C)[C@@H]2C[C@@H]3[C@@H](c4ccc(OCCN(C)C)cc4)OCC[C@@]31C2. The number of carbonyl (C=O) groups excluding carboxylic acids is 1. The maximum Gasteiger partial charge on any atom is 0.222 e. The number of ether oxygens (including phenoxy) is 2. The van der Waals surface area contributed by atoms with E-state index >= 15 is 0 Å². The van der Waals surface area contributed by atoms with E-state index in [1.807, 2.05) is 13.8 Å². The van der Waals surface area contributed by atoms with Gasteiger partial charge in [-0.05, 0) is 73.7 Å². The van der Waals surface area contributed by atoms with Gasteiger partial charge in [0.25, 0.3) is 0 Å². The quantitative estimate of drug-likeness (QED) is 0.704. The normalized spacial score (nSPS) is 33.5. The minimum Gasteiger partial charge on any atom is -0.492 e. The van der Waals surface area contributed by atoms with Crippen molar-refractivity contribution in [2.24, 2.45) is 28.6 Å². The first kappa shape index (κ1) is 22.6. The highest BCUT2D eigenvalue weighted by Gasteiger charge is 2.68. The molecule has 1 N–H and O–H groups in total. The zero-order valence-corrected chi connectivity index (χ0v) is 20.1. The number of benzene rings is 1. The van der Waals surface area contributed by atoms with E-state index in [4.69, 9.17) is 9.47 Å². The third kappa shape index (κ3) is 4.00. The Hall–Kier alpha value is -1.59. The van der Waals surface area contributed by atoms with Gasteiger partial charge >= 0.3 is 0 Å². The molecular formula is C26H40N2O3. The third-order valence-electron chi connectivity index (χ3n) is 8.33. The van der Waals surface area contributed by atoms with E-state index in [0.29, 0.717) is 18.4 Å². The van der Waals surface area contributed by atoms with Crippen molar-refractivity contribution in [3.8, 4) is 5.75 Å². The zero-order chi connectivity index (χ0) is 22.4. The molecule has 1 aromatic rings. The molecule has 3 fully saturated rings. The summed E-state index contributed by atoms with van der Waals surface area (Å²) in [6.07, 6.45) is 3.54. The van der Waals surface area contributed by atoms with Gasteiger partial charge in [-0.1, -0.05) is 39.8 Å². The maximum absolute atomic E-state index is 12.7. The lowest BCUT2D eigenvalue weighted by atomic mass is 9.58. The van der Waals surface area contributed by atoms with Crippen molar-refractivity contribution in [1.29, 1.82) is 0 Å². The van der Waals surface area contributed by atoms with Gasteiger partial charge in [0.2, 0.25) is 5.91 Å². The van der Waals surface area contributed by atoms with Gasteiger partial charge in [-0.25, -0.2) is 0 Å². The number of hydrogen-bond donors (Lipinski definition) is 1. The van der Waals surface area contributed by atoms with Gasteiger partial charge in [0.15, 0.2) is 0 Å². The molecular weight excluding hydrogens is 388 g/mol. The van der Waals surface area contributed by atoms with E-state index < -0.39 is 0 Å². The lowest BCUT2D eigenvalue weighted by molar-refractivity contribution is -0.139. The summed E-state index contributed by atoms with van der Waals surface area (Å²) in [6.45, 7) is 11.0. The van der Waals surface area contributed by atoms with Gasteiger partial charge in [-0.15, -0.1) is 0 Å². The molecule has 1 saturated heterocycles. The van der Waals surface area contributed by atoms with Crippen LogP contribution in [0.5, 0.6) is 5.75 Å². The lowest BCUT2D eigenvalue weighted by Gasteiger charge is -2.53. The molecule has 5 heteroatoms. The van der Waals surface area contributed by atoms with Crippen LogP contribution in [0.15, 0.2) is 24.3 Å². The summed E-state index contributed by atoms with van der Waals surface area (Å²) < 4.78 is 12.3. The summed E-state index contributed by atoms with van der Waals surface area (Å²) in [7, 11) is 4.10. The van der Waals surface area contributed by atoms with Crippen LogP contribution in [-0.2, 0) is 9.53 Å². The summed E-state index contributed by atoms with van der Waals surface area (Å²) >= 11 is 0. The van der Waals surface area contributed by atoms with Crippen molar-refractivity contribution in [2.45, 2.75) is 59.1 Å². The fourth-order valence-electron chi connectivity index (χ4n) is 6.53. The van der Waals surface area contributed by atoms with E-state index in [0.717, 1.165) is 25.3 Å². The Morgan fingerprint density at radius 3 is 2.61 bits per heavy atom.